The minimum atomic E-state index is -0.445. The van der Waals surface area contributed by atoms with Crippen LogP contribution in [0.25, 0.3) is 11.0 Å². The van der Waals surface area contributed by atoms with Crippen molar-refractivity contribution in [1.82, 2.24) is 14.8 Å². The number of primary amides is 1. The number of amides is 1. The van der Waals surface area contributed by atoms with E-state index in [1.165, 1.54) is 19.3 Å². The molecule has 1 saturated carbocycles. The zero-order valence-corrected chi connectivity index (χ0v) is 11.1. The van der Waals surface area contributed by atoms with Gasteiger partial charge in [-0.3, -0.25) is 4.79 Å². The molecule has 19 heavy (non-hydrogen) atoms. The van der Waals surface area contributed by atoms with Crippen LogP contribution in [0.5, 0.6) is 0 Å². The lowest BCUT2D eigenvalue weighted by Crippen LogP contribution is -2.15. The quantitative estimate of drug-likeness (QED) is 0.898. The zero-order valence-electron chi connectivity index (χ0n) is 11.1. The maximum absolute atomic E-state index is 11.2. The summed E-state index contributed by atoms with van der Waals surface area (Å²) in [4.78, 5) is 15.6. The third-order valence-electron chi connectivity index (χ3n) is 3.94. The lowest BCUT2D eigenvalue weighted by Gasteiger charge is -2.22. The monoisotopic (exact) mass is 258 g/mol. The molecule has 2 aromatic heterocycles. The number of nitrogens with zero attached hydrogens (tertiary/aromatic N) is 3. The minimum absolute atomic E-state index is 0.442. The Balaban J connectivity index is 2.08. The van der Waals surface area contributed by atoms with E-state index in [1.807, 2.05) is 11.6 Å². The van der Waals surface area contributed by atoms with Gasteiger partial charge in [0.25, 0.3) is 0 Å². The van der Waals surface area contributed by atoms with Gasteiger partial charge in [-0.2, -0.15) is 5.10 Å². The molecule has 2 heterocycles. The minimum Gasteiger partial charge on any atom is -0.366 e. The van der Waals surface area contributed by atoms with Crippen LogP contribution in [0, 0.1) is 6.92 Å². The fourth-order valence-corrected chi connectivity index (χ4v) is 2.88. The van der Waals surface area contributed by atoms with Gasteiger partial charge in [-0.15, -0.1) is 0 Å². The third-order valence-corrected chi connectivity index (χ3v) is 3.94. The van der Waals surface area contributed by atoms with Crippen molar-refractivity contribution in [2.45, 2.75) is 45.1 Å². The molecule has 0 atom stereocenters. The average molecular weight is 258 g/mol. The molecule has 0 saturated heterocycles. The Labute approximate surface area is 111 Å². The van der Waals surface area contributed by atoms with E-state index in [1.54, 1.807) is 12.3 Å². The highest BCUT2D eigenvalue weighted by Crippen LogP contribution is 2.30. The van der Waals surface area contributed by atoms with Crippen molar-refractivity contribution >= 4 is 16.9 Å². The van der Waals surface area contributed by atoms with Crippen LogP contribution in [0.1, 0.15) is 54.2 Å². The van der Waals surface area contributed by atoms with Gasteiger partial charge in [-0.05, 0) is 25.8 Å². The Bertz CT molecular complexity index is 626. The number of carbonyl (C=O) groups excluding carboxylic acids is 1. The predicted molar refractivity (Wildman–Crippen MR) is 72.9 cm³/mol. The van der Waals surface area contributed by atoms with Crippen LogP contribution >= 0.6 is 0 Å². The summed E-state index contributed by atoms with van der Waals surface area (Å²) >= 11 is 0. The molecule has 1 aliphatic carbocycles. The second-order valence-corrected chi connectivity index (χ2v) is 5.28. The Morgan fingerprint density at radius 2 is 2.11 bits per heavy atom. The first-order valence-electron chi connectivity index (χ1n) is 6.81. The second kappa shape index (κ2) is 4.64. The van der Waals surface area contributed by atoms with Crippen molar-refractivity contribution in [2.75, 3.05) is 0 Å². The standard InChI is InChI=1S/C14H18N4O/c1-9-12-7-10(13(15)19)8-16-14(12)18(17-9)11-5-3-2-4-6-11/h7-8,11H,2-6H2,1H3,(H2,15,19). The fraction of sp³-hybridized carbons (Fsp3) is 0.500. The highest BCUT2D eigenvalue weighted by atomic mass is 16.1. The Hall–Kier alpha value is -1.91. The van der Waals surface area contributed by atoms with Crippen LogP contribution in [0.2, 0.25) is 0 Å². The Morgan fingerprint density at radius 3 is 2.79 bits per heavy atom. The SMILES string of the molecule is Cc1nn(C2CCCCC2)c2ncc(C(N)=O)cc12. The molecule has 0 unspecified atom stereocenters. The summed E-state index contributed by atoms with van der Waals surface area (Å²) in [7, 11) is 0. The van der Waals surface area contributed by atoms with Crippen molar-refractivity contribution in [3.63, 3.8) is 0 Å². The van der Waals surface area contributed by atoms with Gasteiger partial charge in [0.15, 0.2) is 5.65 Å². The second-order valence-electron chi connectivity index (χ2n) is 5.28. The molecule has 0 aromatic carbocycles. The summed E-state index contributed by atoms with van der Waals surface area (Å²) in [5.74, 6) is -0.445. The molecular formula is C14H18N4O. The summed E-state index contributed by atoms with van der Waals surface area (Å²) in [5, 5.41) is 5.55. The predicted octanol–water partition coefficient (Wildman–Crippen LogP) is 2.34. The number of rotatable bonds is 2. The summed E-state index contributed by atoms with van der Waals surface area (Å²) in [6.45, 7) is 1.95. The van der Waals surface area contributed by atoms with Crippen molar-refractivity contribution in [3.8, 4) is 0 Å². The molecule has 0 radical (unpaired) electrons. The molecule has 100 valence electrons. The maximum atomic E-state index is 11.2. The van der Waals surface area contributed by atoms with Gasteiger partial charge >= 0.3 is 0 Å². The number of nitrogens with two attached hydrogens (primary N) is 1. The first kappa shape index (κ1) is 12.1. The van der Waals surface area contributed by atoms with E-state index < -0.39 is 5.91 Å². The third kappa shape index (κ3) is 2.09. The van der Waals surface area contributed by atoms with Gasteiger partial charge in [-0.1, -0.05) is 19.3 Å². The van der Waals surface area contributed by atoms with E-state index in [0.29, 0.717) is 11.6 Å². The van der Waals surface area contributed by atoms with Crippen LogP contribution in [0.15, 0.2) is 12.3 Å². The van der Waals surface area contributed by atoms with Gasteiger partial charge in [-0.25, -0.2) is 9.67 Å². The van der Waals surface area contributed by atoms with Crippen molar-refractivity contribution < 1.29 is 4.79 Å². The number of aromatic nitrogens is 3. The number of aryl methyl sites for hydroxylation is 1. The molecule has 1 fully saturated rings. The van der Waals surface area contributed by atoms with Gasteiger partial charge in [0.05, 0.1) is 17.3 Å². The van der Waals surface area contributed by atoms with Crippen molar-refractivity contribution in [3.05, 3.63) is 23.5 Å². The van der Waals surface area contributed by atoms with Crippen LogP contribution < -0.4 is 5.73 Å². The normalized spacial score (nSPS) is 16.9. The molecule has 2 N–H and O–H groups in total. The van der Waals surface area contributed by atoms with Crippen LogP contribution in [-0.2, 0) is 0 Å². The van der Waals surface area contributed by atoms with Crippen LogP contribution in [-0.4, -0.2) is 20.7 Å². The van der Waals surface area contributed by atoms with Gasteiger partial charge in [0, 0.05) is 11.6 Å². The van der Waals surface area contributed by atoms with E-state index in [0.717, 1.165) is 29.6 Å². The first-order valence-corrected chi connectivity index (χ1v) is 6.81. The number of hydrogen-bond donors (Lipinski definition) is 1. The van der Waals surface area contributed by atoms with E-state index in [-0.39, 0.29) is 0 Å². The molecule has 1 aliphatic rings. The highest BCUT2D eigenvalue weighted by molar-refractivity contribution is 5.96. The topological polar surface area (TPSA) is 73.8 Å². The lowest BCUT2D eigenvalue weighted by atomic mass is 9.96. The average Bonchev–Trinajstić information content (AvgIpc) is 2.77. The van der Waals surface area contributed by atoms with Gasteiger partial charge < -0.3 is 5.73 Å². The summed E-state index contributed by atoms with van der Waals surface area (Å²) in [6, 6.07) is 2.24. The van der Waals surface area contributed by atoms with Crippen molar-refractivity contribution in [2.24, 2.45) is 5.73 Å². The van der Waals surface area contributed by atoms with Gasteiger partial charge in [0.1, 0.15) is 0 Å². The fourth-order valence-electron chi connectivity index (χ4n) is 2.88. The number of pyridine rings is 1. The molecule has 0 spiro atoms. The number of fused-ring (bicyclic) bond motifs is 1. The first-order chi connectivity index (χ1) is 9.16. The molecule has 0 bridgehead atoms. The molecule has 5 nitrogen and oxygen atoms in total. The Morgan fingerprint density at radius 1 is 1.37 bits per heavy atom. The van der Waals surface area contributed by atoms with E-state index in [4.69, 9.17) is 5.73 Å². The molecule has 0 aliphatic heterocycles. The van der Waals surface area contributed by atoms with E-state index in [2.05, 4.69) is 10.1 Å². The summed E-state index contributed by atoms with van der Waals surface area (Å²) in [5.41, 5.74) is 7.52. The van der Waals surface area contributed by atoms with E-state index >= 15 is 0 Å². The smallest absolute Gasteiger partial charge is 0.250 e. The molecule has 2 aromatic rings. The maximum Gasteiger partial charge on any atom is 0.250 e. The lowest BCUT2D eigenvalue weighted by molar-refractivity contribution is 0.1000. The summed E-state index contributed by atoms with van der Waals surface area (Å²) < 4.78 is 2.04. The van der Waals surface area contributed by atoms with Crippen LogP contribution in [0.3, 0.4) is 0 Å². The van der Waals surface area contributed by atoms with Gasteiger partial charge in [0.2, 0.25) is 5.91 Å². The molecule has 5 heteroatoms. The molecule has 3 rings (SSSR count). The molecular weight excluding hydrogens is 240 g/mol. The van der Waals surface area contributed by atoms with E-state index in [9.17, 15) is 4.79 Å². The van der Waals surface area contributed by atoms with Crippen LogP contribution in [0.4, 0.5) is 0 Å². The van der Waals surface area contributed by atoms with Crippen molar-refractivity contribution in [1.29, 1.82) is 0 Å². The Kier molecular flexibility index (Phi) is 2.97. The highest BCUT2D eigenvalue weighted by Gasteiger charge is 2.20. The number of carbonyl (C=O) groups is 1. The largest absolute Gasteiger partial charge is 0.366 e. The zero-order chi connectivity index (χ0) is 13.4. The summed E-state index contributed by atoms with van der Waals surface area (Å²) in [6.07, 6.45) is 7.69. The molecule has 1 amide bonds. The number of hydrogen-bond acceptors (Lipinski definition) is 3.